The van der Waals surface area contributed by atoms with Crippen molar-refractivity contribution in [2.24, 2.45) is 0 Å². The van der Waals surface area contributed by atoms with E-state index in [0.717, 1.165) is 28.9 Å². The summed E-state index contributed by atoms with van der Waals surface area (Å²) >= 11 is 3.54. The van der Waals surface area contributed by atoms with E-state index < -0.39 is 0 Å². The number of unbranched alkanes of at least 4 members (excludes halogenated alkanes) is 3. The molecule has 0 saturated carbocycles. The average Bonchev–Trinajstić information content (AvgIpc) is 3.52. The maximum absolute atomic E-state index is 6.47. The maximum atomic E-state index is 6.47. The maximum Gasteiger partial charge on any atom is 0.123 e. The van der Waals surface area contributed by atoms with Gasteiger partial charge in [-0.1, -0.05) is 102 Å². The summed E-state index contributed by atoms with van der Waals surface area (Å²) in [5, 5.41) is 6.10. The van der Waals surface area contributed by atoms with Crippen molar-refractivity contribution in [3.63, 3.8) is 0 Å². The van der Waals surface area contributed by atoms with Crippen molar-refractivity contribution in [1.82, 2.24) is 9.13 Å². The molecule has 2 heterocycles. The van der Waals surface area contributed by atoms with Gasteiger partial charge in [-0.3, -0.25) is 0 Å². The summed E-state index contributed by atoms with van der Waals surface area (Å²) in [5.41, 5.74) is 7.00. The first kappa shape index (κ1) is 25.0. The SMILES string of the molecule is BrCCCCCCOc1cc(-n2c3ccccc3c3ccccc32)cc(-n2c3ccccc3c3ccccc32)c1. The van der Waals surface area contributed by atoms with Crippen molar-refractivity contribution < 1.29 is 4.74 Å². The number of benzene rings is 5. The second-order valence-corrected chi connectivity index (χ2v) is 11.2. The van der Waals surface area contributed by atoms with Gasteiger partial charge in [0.25, 0.3) is 0 Å². The average molecular weight is 588 g/mol. The van der Waals surface area contributed by atoms with E-state index in [1.54, 1.807) is 0 Å². The van der Waals surface area contributed by atoms with Gasteiger partial charge >= 0.3 is 0 Å². The Bertz CT molecular complexity index is 1730. The fraction of sp³-hybridized carbons (Fsp3) is 0.167. The van der Waals surface area contributed by atoms with E-state index in [1.807, 2.05) is 0 Å². The third kappa shape index (κ3) is 4.37. The largest absolute Gasteiger partial charge is 0.493 e. The Labute approximate surface area is 242 Å². The predicted octanol–water partition coefficient (Wildman–Crippen LogP) is 10.2. The van der Waals surface area contributed by atoms with Crippen LogP contribution in [0.2, 0.25) is 0 Å². The predicted molar refractivity (Wildman–Crippen MR) is 173 cm³/mol. The zero-order chi connectivity index (χ0) is 26.9. The van der Waals surface area contributed by atoms with Crippen molar-refractivity contribution in [2.75, 3.05) is 11.9 Å². The van der Waals surface area contributed by atoms with Crippen LogP contribution in [0, 0.1) is 0 Å². The lowest BCUT2D eigenvalue weighted by Crippen LogP contribution is -2.03. The molecule has 0 fully saturated rings. The monoisotopic (exact) mass is 586 g/mol. The Morgan fingerprint density at radius 3 is 1.30 bits per heavy atom. The molecule has 198 valence electrons. The highest BCUT2D eigenvalue weighted by molar-refractivity contribution is 9.09. The highest BCUT2D eigenvalue weighted by Gasteiger charge is 2.16. The van der Waals surface area contributed by atoms with Crippen LogP contribution in [0.1, 0.15) is 25.7 Å². The van der Waals surface area contributed by atoms with Crippen LogP contribution < -0.4 is 4.74 Å². The van der Waals surface area contributed by atoms with E-state index >= 15 is 0 Å². The van der Waals surface area contributed by atoms with Gasteiger partial charge in [0.05, 0.1) is 40.0 Å². The second-order valence-electron chi connectivity index (χ2n) is 10.4. The molecule has 3 nitrogen and oxygen atoms in total. The van der Waals surface area contributed by atoms with Gasteiger partial charge in [-0.2, -0.15) is 0 Å². The summed E-state index contributed by atoms with van der Waals surface area (Å²) < 4.78 is 11.2. The van der Waals surface area contributed by atoms with Gasteiger partial charge in [-0.25, -0.2) is 0 Å². The molecule has 0 N–H and O–H groups in total. The summed E-state index contributed by atoms with van der Waals surface area (Å²) in [5.74, 6) is 0.900. The topological polar surface area (TPSA) is 19.1 Å². The summed E-state index contributed by atoms with van der Waals surface area (Å²) in [7, 11) is 0. The standard InChI is InChI=1S/C36H31BrN2O/c37-21-11-1-2-12-22-40-28-24-26(38-33-17-7-3-13-29(33)30-14-4-8-18-34(30)38)23-27(25-28)39-35-19-9-5-15-31(35)32-16-6-10-20-36(32)39/h3-10,13-20,23-25H,1-2,11-12,21-22H2. The Kier molecular flexibility index (Phi) is 6.78. The van der Waals surface area contributed by atoms with E-state index in [1.165, 1.54) is 62.9 Å². The lowest BCUT2D eigenvalue weighted by molar-refractivity contribution is 0.305. The molecule has 0 aliphatic rings. The van der Waals surface area contributed by atoms with E-state index in [9.17, 15) is 0 Å². The van der Waals surface area contributed by atoms with Gasteiger partial charge < -0.3 is 13.9 Å². The molecule has 40 heavy (non-hydrogen) atoms. The first-order valence-electron chi connectivity index (χ1n) is 14.1. The number of hydrogen-bond acceptors (Lipinski definition) is 1. The first-order chi connectivity index (χ1) is 19.8. The minimum absolute atomic E-state index is 0.714. The van der Waals surface area contributed by atoms with Crippen LogP contribution >= 0.6 is 15.9 Å². The minimum Gasteiger partial charge on any atom is -0.493 e. The van der Waals surface area contributed by atoms with Gasteiger partial charge in [0.2, 0.25) is 0 Å². The molecule has 0 aliphatic heterocycles. The Morgan fingerprint density at radius 1 is 0.475 bits per heavy atom. The third-order valence-corrected chi connectivity index (χ3v) is 8.41. The van der Waals surface area contributed by atoms with Crippen LogP contribution in [-0.4, -0.2) is 21.1 Å². The Morgan fingerprint density at radius 2 is 0.875 bits per heavy atom. The van der Waals surface area contributed by atoms with Crippen molar-refractivity contribution in [3.05, 3.63) is 115 Å². The number of hydrogen-bond donors (Lipinski definition) is 0. The summed E-state index contributed by atoms with van der Waals surface area (Å²) in [6.07, 6.45) is 4.67. The number of rotatable bonds is 9. The van der Waals surface area contributed by atoms with Crippen molar-refractivity contribution in [3.8, 4) is 17.1 Å². The quantitative estimate of drug-likeness (QED) is 0.121. The lowest BCUT2D eigenvalue weighted by Gasteiger charge is -2.16. The smallest absolute Gasteiger partial charge is 0.123 e. The van der Waals surface area contributed by atoms with Gasteiger partial charge in [0.1, 0.15) is 5.75 Å². The molecular formula is C36H31BrN2O. The van der Waals surface area contributed by atoms with E-state index in [4.69, 9.17) is 4.74 Å². The molecule has 0 unspecified atom stereocenters. The third-order valence-electron chi connectivity index (χ3n) is 7.85. The summed E-state index contributed by atoms with van der Waals surface area (Å²) in [6, 6.07) is 41.4. The summed E-state index contributed by atoms with van der Waals surface area (Å²) in [4.78, 5) is 0. The van der Waals surface area contributed by atoms with E-state index in [-0.39, 0.29) is 0 Å². The van der Waals surface area contributed by atoms with Crippen molar-refractivity contribution >= 4 is 59.5 Å². The lowest BCUT2D eigenvalue weighted by atomic mass is 10.2. The molecule has 0 radical (unpaired) electrons. The summed E-state index contributed by atoms with van der Waals surface area (Å²) in [6.45, 7) is 0.714. The molecule has 0 saturated heterocycles. The molecule has 0 bridgehead atoms. The van der Waals surface area contributed by atoms with Crippen LogP contribution in [0.3, 0.4) is 0 Å². The number of aromatic nitrogens is 2. The van der Waals surface area contributed by atoms with Gasteiger partial charge in [0, 0.05) is 39.0 Å². The molecule has 7 rings (SSSR count). The van der Waals surface area contributed by atoms with Gasteiger partial charge in [0.15, 0.2) is 0 Å². The van der Waals surface area contributed by atoms with Crippen LogP contribution in [-0.2, 0) is 0 Å². The molecular weight excluding hydrogens is 556 g/mol. The number of para-hydroxylation sites is 4. The molecule has 7 aromatic rings. The first-order valence-corrected chi connectivity index (χ1v) is 15.3. The normalized spacial score (nSPS) is 11.7. The fourth-order valence-corrected chi connectivity index (χ4v) is 6.45. The number of nitrogens with zero attached hydrogens (tertiary/aromatic N) is 2. The molecule has 4 heteroatoms. The van der Waals surface area contributed by atoms with E-state index in [2.05, 4.69) is 140 Å². The highest BCUT2D eigenvalue weighted by atomic mass is 79.9. The molecule has 0 amide bonds. The van der Waals surface area contributed by atoms with Crippen LogP contribution in [0.5, 0.6) is 5.75 Å². The number of alkyl halides is 1. The minimum atomic E-state index is 0.714. The zero-order valence-electron chi connectivity index (χ0n) is 22.4. The van der Waals surface area contributed by atoms with Crippen molar-refractivity contribution in [2.45, 2.75) is 25.7 Å². The molecule has 0 aliphatic carbocycles. The molecule has 0 atom stereocenters. The highest BCUT2D eigenvalue weighted by Crippen LogP contribution is 2.37. The van der Waals surface area contributed by atoms with Gasteiger partial charge in [-0.15, -0.1) is 0 Å². The zero-order valence-corrected chi connectivity index (χ0v) is 24.0. The Hall–Kier alpha value is -4.02. The molecule has 0 spiro atoms. The number of halogens is 1. The van der Waals surface area contributed by atoms with Crippen LogP contribution in [0.4, 0.5) is 0 Å². The van der Waals surface area contributed by atoms with Crippen molar-refractivity contribution in [1.29, 1.82) is 0 Å². The number of ether oxygens (including phenoxy) is 1. The molecule has 2 aromatic heterocycles. The molecule has 5 aromatic carbocycles. The Balaban J connectivity index is 1.43. The number of fused-ring (bicyclic) bond motifs is 6. The van der Waals surface area contributed by atoms with Crippen LogP contribution in [0.25, 0.3) is 55.0 Å². The fourth-order valence-electron chi connectivity index (χ4n) is 6.05. The van der Waals surface area contributed by atoms with Gasteiger partial charge in [-0.05, 0) is 43.2 Å². The van der Waals surface area contributed by atoms with Crippen LogP contribution in [0.15, 0.2) is 115 Å². The second kappa shape index (κ2) is 10.9. The van der Waals surface area contributed by atoms with E-state index in [0.29, 0.717) is 6.61 Å².